The Kier molecular flexibility index (Phi) is 9.70. The van der Waals surface area contributed by atoms with E-state index in [1.165, 1.54) is 71.3 Å². The Balaban J connectivity index is 0.954. The van der Waals surface area contributed by atoms with Gasteiger partial charge in [-0.05, 0) is 118 Å². The zero-order valence-corrected chi connectivity index (χ0v) is 41.8. The molecule has 0 aliphatic heterocycles. The van der Waals surface area contributed by atoms with Gasteiger partial charge in [0.1, 0.15) is 22.3 Å². The van der Waals surface area contributed by atoms with Gasteiger partial charge in [-0.3, -0.25) is 0 Å². The second-order valence-corrected chi connectivity index (χ2v) is 20.3. The van der Waals surface area contributed by atoms with Gasteiger partial charge < -0.3 is 18.0 Å². The monoisotopic (exact) mass is 980 g/mol. The van der Waals surface area contributed by atoms with Crippen LogP contribution in [0.3, 0.4) is 0 Å². The number of benzene rings is 12. The van der Waals surface area contributed by atoms with E-state index in [0.717, 1.165) is 77.3 Å². The summed E-state index contributed by atoms with van der Waals surface area (Å²) >= 11 is 0. The van der Waals surface area contributed by atoms with Crippen molar-refractivity contribution in [3.8, 4) is 44.8 Å². The van der Waals surface area contributed by atoms with E-state index in [9.17, 15) is 0 Å². The number of para-hydroxylation sites is 4. The molecule has 5 heteroatoms. The Hall–Kier alpha value is -10.1. The first-order chi connectivity index (χ1) is 38.2. The highest BCUT2D eigenvalue weighted by Gasteiger charge is 2.30. The summed E-state index contributed by atoms with van der Waals surface area (Å²) < 4.78 is 17.9. The Morgan fingerprint density at radius 1 is 0.273 bits per heavy atom. The largest absolute Gasteiger partial charge is 0.456 e. The highest BCUT2D eigenvalue weighted by Crippen LogP contribution is 2.43. The van der Waals surface area contributed by atoms with Crippen LogP contribution in [0.15, 0.2) is 282 Å². The van der Waals surface area contributed by atoms with Crippen LogP contribution < -0.4 is 16.4 Å². The molecule has 77 heavy (non-hydrogen) atoms. The lowest BCUT2D eigenvalue weighted by atomic mass is 9.35. The molecule has 0 unspecified atom stereocenters. The third-order valence-electron chi connectivity index (χ3n) is 16.1. The summed E-state index contributed by atoms with van der Waals surface area (Å²) in [4.78, 5) is 0. The fourth-order valence-corrected chi connectivity index (χ4v) is 12.7. The smallest absolute Gasteiger partial charge is 0.242 e. The van der Waals surface area contributed by atoms with Gasteiger partial charge in [-0.1, -0.05) is 204 Å². The van der Waals surface area contributed by atoms with Gasteiger partial charge in [0, 0.05) is 43.7 Å². The molecule has 0 spiro atoms. The van der Waals surface area contributed by atoms with Crippen molar-refractivity contribution in [2.75, 3.05) is 0 Å². The molecule has 0 atom stereocenters. The van der Waals surface area contributed by atoms with Crippen LogP contribution >= 0.6 is 0 Å². The molecule has 0 fully saturated rings. The summed E-state index contributed by atoms with van der Waals surface area (Å²) in [5.74, 6) is 0. The number of hydrogen-bond acceptors (Lipinski definition) is 2. The van der Waals surface area contributed by atoms with Gasteiger partial charge in [0.15, 0.2) is 0 Å². The van der Waals surface area contributed by atoms with Gasteiger partial charge in [0.25, 0.3) is 0 Å². The zero-order valence-electron chi connectivity index (χ0n) is 41.8. The number of aromatic nitrogens is 2. The molecule has 16 aromatic rings. The molecule has 0 N–H and O–H groups in total. The van der Waals surface area contributed by atoms with Crippen molar-refractivity contribution in [1.82, 2.24) is 9.13 Å². The van der Waals surface area contributed by atoms with Crippen LogP contribution in [0.2, 0.25) is 0 Å². The Morgan fingerprint density at radius 2 is 0.649 bits per heavy atom. The van der Waals surface area contributed by atoms with Gasteiger partial charge in [0.2, 0.25) is 6.71 Å². The number of nitrogens with zero attached hydrogens (tertiary/aromatic N) is 2. The van der Waals surface area contributed by atoms with Crippen LogP contribution in [0.1, 0.15) is 0 Å². The summed E-state index contributed by atoms with van der Waals surface area (Å²) in [6, 6.07) is 99.3. The number of rotatable bonds is 8. The second-order valence-electron chi connectivity index (χ2n) is 20.3. The van der Waals surface area contributed by atoms with E-state index in [-0.39, 0.29) is 6.71 Å². The maximum atomic E-state index is 6.52. The molecule has 358 valence electrons. The predicted octanol–water partition coefficient (Wildman–Crippen LogP) is 17.2. The fraction of sp³-hybridized carbons (Fsp3) is 0. The molecule has 16 rings (SSSR count). The first-order valence-corrected chi connectivity index (χ1v) is 26.4. The minimum Gasteiger partial charge on any atom is -0.456 e. The average molecular weight is 981 g/mol. The van der Waals surface area contributed by atoms with E-state index >= 15 is 0 Å². The van der Waals surface area contributed by atoms with Gasteiger partial charge in [0.05, 0.1) is 32.8 Å². The minimum atomic E-state index is -0.196. The molecule has 4 heterocycles. The summed E-state index contributed by atoms with van der Waals surface area (Å²) in [5.41, 5.74) is 21.0. The Labute approximate surface area is 444 Å². The molecular formula is C72H45BN2O2. The second kappa shape index (κ2) is 17.2. The van der Waals surface area contributed by atoms with E-state index < -0.39 is 0 Å². The molecule has 0 saturated carbocycles. The van der Waals surface area contributed by atoms with Gasteiger partial charge >= 0.3 is 0 Å². The van der Waals surface area contributed by atoms with E-state index in [2.05, 4.69) is 270 Å². The highest BCUT2D eigenvalue weighted by molar-refractivity contribution is 6.97. The van der Waals surface area contributed by atoms with Crippen molar-refractivity contribution in [3.05, 3.63) is 273 Å². The lowest BCUT2D eigenvalue weighted by molar-refractivity contribution is 0.669. The fourth-order valence-electron chi connectivity index (χ4n) is 12.7. The van der Waals surface area contributed by atoms with Crippen LogP contribution in [0, 0.1) is 0 Å². The molecule has 0 aliphatic rings. The summed E-state index contributed by atoms with van der Waals surface area (Å²) in [7, 11) is 0. The van der Waals surface area contributed by atoms with Crippen LogP contribution in [0.25, 0.3) is 132 Å². The van der Waals surface area contributed by atoms with E-state index in [0.29, 0.717) is 0 Å². The summed E-state index contributed by atoms with van der Waals surface area (Å²) in [6.07, 6.45) is 0. The topological polar surface area (TPSA) is 36.1 Å². The minimum absolute atomic E-state index is 0.196. The van der Waals surface area contributed by atoms with Gasteiger partial charge in [-0.15, -0.1) is 0 Å². The van der Waals surface area contributed by atoms with Crippen molar-refractivity contribution in [2.24, 2.45) is 0 Å². The molecule has 0 aliphatic carbocycles. The molecule has 0 bridgehead atoms. The lowest BCUT2D eigenvalue weighted by Gasteiger charge is -2.25. The maximum Gasteiger partial charge on any atom is 0.242 e. The standard InChI is InChI=1S/C72H45BN2O2/c1-4-18-46(19-5-1)49-44-60(47-20-6-2-7-21-47)70(61(45-49)48-22-8-3-9-23-48)73(50-32-36-52(37-33-50)74-62-28-14-10-24-54(62)56-40-42-66-68(71(56)74)58-26-12-16-30-64(58)76-66)51-34-38-53(39-35-51)75-63-29-15-11-25-55(63)57-41-43-67-69(72(57)75)59-27-13-17-31-65(59)77-67/h1-45H. The van der Waals surface area contributed by atoms with Crippen molar-refractivity contribution >= 4 is 111 Å². The average Bonchev–Trinajstić information content (AvgIpc) is 4.28. The van der Waals surface area contributed by atoms with Crippen molar-refractivity contribution < 1.29 is 8.83 Å². The molecular weight excluding hydrogens is 936 g/mol. The Morgan fingerprint density at radius 3 is 1.09 bits per heavy atom. The van der Waals surface area contributed by atoms with Crippen molar-refractivity contribution in [2.45, 2.75) is 0 Å². The number of furan rings is 2. The van der Waals surface area contributed by atoms with E-state index in [1.807, 2.05) is 12.1 Å². The SMILES string of the molecule is c1ccc(-c2cc(-c3ccccc3)c(B(c3ccc(-n4c5ccccc5c5ccc6oc7ccccc7c6c54)cc3)c3ccc(-n4c5ccccc5c5ccc6oc7ccccc7c6c54)cc3)c(-c3ccccc3)c2)cc1. The molecule has 4 nitrogen and oxygen atoms in total. The number of hydrogen-bond donors (Lipinski definition) is 0. The molecule has 0 saturated heterocycles. The van der Waals surface area contributed by atoms with Crippen LogP contribution in [0.5, 0.6) is 0 Å². The summed E-state index contributed by atoms with van der Waals surface area (Å²) in [6.45, 7) is -0.196. The molecule has 0 amide bonds. The van der Waals surface area contributed by atoms with Gasteiger partial charge in [-0.2, -0.15) is 0 Å². The maximum absolute atomic E-state index is 6.52. The first kappa shape index (κ1) is 43.3. The summed E-state index contributed by atoms with van der Waals surface area (Å²) in [5, 5.41) is 9.29. The molecule has 12 aromatic carbocycles. The number of fused-ring (bicyclic) bond motifs is 14. The first-order valence-electron chi connectivity index (χ1n) is 26.4. The highest BCUT2D eigenvalue weighted by atomic mass is 16.3. The Bertz CT molecular complexity index is 4660. The third-order valence-corrected chi connectivity index (χ3v) is 16.1. The van der Waals surface area contributed by atoms with Crippen molar-refractivity contribution in [3.63, 3.8) is 0 Å². The van der Waals surface area contributed by atoms with Crippen LogP contribution in [-0.4, -0.2) is 15.8 Å². The third kappa shape index (κ3) is 6.74. The molecule has 4 aromatic heterocycles. The van der Waals surface area contributed by atoms with Crippen LogP contribution in [-0.2, 0) is 0 Å². The van der Waals surface area contributed by atoms with Crippen molar-refractivity contribution in [1.29, 1.82) is 0 Å². The molecule has 0 radical (unpaired) electrons. The van der Waals surface area contributed by atoms with Gasteiger partial charge in [-0.25, -0.2) is 0 Å². The quantitative estimate of drug-likeness (QED) is 0.142. The van der Waals surface area contributed by atoms with Crippen LogP contribution in [0.4, 0.5) is 0 Å². The van der Waals surface area contributed by atoms with E-state index in [1.54, 1.807) is 0 Å². The van der Waals surface area contributed by atoms with E-state index in [4.69, 9.17) is 8.83 Å². The zero-order chi connectivity index (χ0) is 50.6. The normalized spacial score (nSPS) is 11.9. The predicted molar refractivity (Wildman–Crippen MR) is 324 cm³/mol. The lowest BCUT2D eigenvalue weighted by Crippen LogP contribution is -2.53.